The molecule has 2 N–H and O–H groups in total. The Kier molecular flexibility index (Phi) is 6.50. The maximum atomic E-state index is 12.4. The maximum Gasteiger partial charge on any atom is 0.271 e. The van der Waals surface area contributed by atoms with Gasteiger partial charge in [0.25, 0.3) is 5.69 Å². The Labute approximate surface area is 145 Å². The van der Waals surface area contributed by atoms with Crippen LogP contribution >= 0.6 is 11.6 Å². The number of nitro benzene ring substituents is 1. The molecule has 132 valence electrons. The second kappa shape index (κ2) is 8.39. The molecule has 0 aliphatic carbocycles. The van der Waals surface area contributed by atoms with Crippen molar-refractivity contribution in [3.8, 4) is 0 Å². The van der Waals surface area contributed by atoms with Crippen LogP contribution in [0.1, 0.15) is 6.92 Å². The molecule has 1 amide bonds. The number of nitro groups is 1. The van der Waals surface area contributed by atoms with Gasteiger partial charge in [0.1, 0.15) is 0 Å². The monoisotopic (exact) mass is 356 g/mol. The van der Waals surface area contributed by atoms with Crippen LogP contribution < -0.4 is 5.32 Å². The van der Waals surface area contributed by atoms with Crippen molar-refractivity contribution in [3.05, 3.63) is 33.3 Å². The fourth-order valence-electron chi connectivity index (χ4n) is 2.64. The molecule has 1 aliphatic heterocycles. The number of carbonyl (C=O) groups excluding carboxylic acids is 1. The van der Waals surface area contributed by atoms with E-state index in [9.17, 15) is 14.9 Å². The molecule has 1 atom stereocenters. The number of benzene rings is 1. The van der Waals surface area contributed by atoms with E-state index in [0.29, 0.717) is 12.2 Å². The van der Waals surface area contributed by atoms with Crippen LogP contribution in [0.5, 0.6) is 0 Å². The minimum atomic E-state index is -0.536. The van der Waals surface area contributed by atoms with E-state index in [1.807, 2.05) is 6.92 Å². The van der Waals surface area contributed by atoms with E-state index >= 15 is 0 Å². The zero-order valence-corrected chi connectivity index (χ0v) is 14.2. The molecule has 0 aromatic heterocycles. The molecule has 0 spiro atoms. The molecule has 1 unspecified atom stereocenters. The number of aliphatic hydroxyl groups is 1. The van der Waals surface area contributed by atoms with Crippen LogP contribution in [0.4, 0.5) is 11.4 Å². The Hall–Kier alpha value is -1.74. The van der Waals surface area contributed by atoms with Crippen molar-refractivity contribution >= 4 is 28.9 Å². The molecule has 1 aromatic rings. The second-order valence-corrected chi connectivity index (χ2v) is 6.09. The number of non-ortho nitro benzene ring substituents is 1. The average Bonchev–Trinajstić information content (AvgIpc) is 2.56. The third kappa shape index (κ3) is 4.64. The summed E-state index contributed by atoms with van der Waals surface area (Å²) in [7, 11) is 0. The first-order valence-electron chi connectivity index (χ1n) is 7.74. The topological polar surface area (TPSA) is 98.9 Å². The van der Waals surface area contributed by atoms with Gasteiger partial charge in [-0.15, -0.1) is 0 Å². The largest absolute Gasteiger partial charge is 0.395 e. The van der Waals surface area contributed by atoms with Gasteiger partial charge in [0.2, 0.25) is 5.91 Å². The number of amides is 1. The van der Waals surface area contributed by atoms with E-state index in [1.165, 1.54) is 18.2 Å². The van der Waals surface area contributed by atoms with Crippen molar-refractivity contribution in [2.24, 2.45) is 0 Å². The third-order valence-corrected chi connectivity index (χ3v) is 4.48. The number of halogens is 1. The number of piperazine rings is 1. The standard InChI is InChI=1S/C15H21ClN4O4/c1-11(19-6-4-18(5-7-19)8-9-21)15(22)17-14-3-2-12(20(23)24)10-13(14)16/h2-3,10-11,21H,4-9H2,1H3,(H,17,22). The van der Waals surface area contributed by atoms with E-state index < -0.39 is 4.92 Å². The van der Waals surface area contributed by atoms with Gasteiger partial charge in [-0.1, -0.05) is 11.6 Å². The van der Waals surface area contributed by atoms with Crippen LogP contribution in [0.15, 0.2) is 18.2 Å². The molecule has 24 heavy (non-hydrogen) atoms. The van der Waals surface area contributed by atoms with E-state index in [-0.39, 0.29) is 29.3 Å². The fraction of sp³-hybridized carbons (Fsp3) is 0.533. The smallest absolute Gasteiger partial charge is 0.271 e. The van der Waals surface area contributed by atoms with Gasteiger partial charge >= 0.3 is 0 Å². The molecule has 1 fully saturated rings. The molecule has 0 bridgehead atoms. The molecule has 1 heterocycles. The zero-order chi connectivity index (χ0) is 17.7. The first-order valence-corrected chi connectivity index (χ1v) is 8.12. The molecular formula is C15H21ClN4O4. The number of hydrogen-bond acceptors (Lipinski definition) is 6. The Morgan fingerprint density at radius 2 is 2.08 bits per heavy atom. The van der Waals surface area contributed by atoms with Crippen LogP contribution in [0, 0.1) is 10.1 Å². The van der Waals surface area contributed by atoms with Crippen LogP contribution in [-0.4, -0.2) is 71.1 Å². The Morgan fingerprint density at radius 3 is 2.62 bits per heavy atom. The lowest BCUT2D eigenvalue weighted by atomic mass is 10.2. The molecule has 8 nitrogen and oxygen atoms in total. The van der Waals surface area contributed by atoms with E-state index in [1.54, 1.807) is 0 Å². The molecule has 0 saturated carbocycles. The summed E-state index contributed by atoms with van der Waals surface area (Å²) in [6.07, 6.45) is 0. The molecule has 0 radical (unpaired) electrons. The van der Waals surface area contributed by atoms with Crippen LogP contribution in [0.25, 0.3) is 0 Å². The van der Waals surface area contributed by atoms with E-state index in [4.69, 9.17) is 16.7 Å². The Bertz CT molecular complexity index is 605. The van der Waals surface area contributed by atoms with Gasteiger partial charge in [0, 0.05) is 44.9 Å². The molecule has 2 rings (SSSR count). The number of β-amino-alcohol motifs (C(OH)–C–C–N with tert-alkyl or cyclic N) is 1. The summed E-state index contributed by atoms with van der Waals surface area (Å²) >= 11 is 6.00. The first-order chi connectivity index (χ1) is 11.4. The highest BCUT2D eigenvalue weighted by atomic mass is 35.5. The highest BCUT2D eigenvalue weighted by Gasteiger charge is 2.25. The van der Waals surface area contributed by atoms with Crippen LogP contribution in [-0.2, 0) is 4.79 Å². The van der Waals surface area contributed by atoms with Crippen molar-refractivity contribution in [3.63, 3.8) is 0 Å². The number of anilines is 1. The van der Waals surface area contributed by atoms with Crippen molar-refractivity contribution < 1.29 is 14.8 Å². The minimum Gasteiger partial charge on any atom is -0.395 e. The van der Waals surface area contributed by atoms with Gasteiger partial charge in [-0.2, -0.15) is 0 Å². The average molecular weight is 357 g/mol. The van der Waals surface area contributed by atoms with Gasteiger partial charge in [-0.05, 0) is 13.0 Å². The summed E-state index contributed by atoms with van der Waals surface area (Å²) in [5, 5.41) is 22.5. The highest BCUT2D eigenvalue weighted by Crippen LogP contribution is 2.27. The fourth-order valence-corrected chi connectivity index (χ4v) is 2.86. The Balaban J connectivity index is 1.93. The van der Waals surface area contributed by atoms with Gasteiger partial charge in [0.15, 0.2) is 0 Å². The first kappa shape index (κ1) is 18.6. The van der Waals surface area contributed by atoms with Crippen LogP contribution in [0.2, 0.25) is 5.02 Å². The number of nitrogens with one attached hydrogen (secondary N) is 1. The zero-order valence-electron chi connectivity index (χ0n) is 13.4. The third-order valence-electron chi connectivity index (χ3n) is 4.17. The predicted octanol–water partition coefficient (Wildman–Crippen LogP) is 1.19. The lowest BCUT2D eigenvalue weighted by molar-refractivity contribution is -0.384. The van der Waals surface area contributed by atoms with E-state index in [2.05, 4.69) is 15.1 Å². The number of rotatable bonds is 6. The van der Waals surface area contributed by atoms with Crippen molar-refractivity contribution in [1.82, 2.24) is 9.80 Å². The van der Waals surface area contributed by atoms with E-state index in [0.717, 1.165) is 26.2 Å². The quantitative estimate of drug-likeness (QED) is 0.586. The predicted molar refractivity (Wildman–Crippen MR) is 91.3 cm³/mol. The van der Waals surface area contributed by atoms with Gasteiger partial charge in [-0.3, -0.25) is 24.7 Å². The lowest BCUT2D eigenvalue weighted by Gasteiger charge is -2.37. The summed E-state index contributed by atoms with van der Waals surface area (Å²) in [6, 6.07) is 3.62. The van der Waals surface area contributed by atoms with Crippen molar-refractivity contribution in [1.29, 1.82) is 0 Å². The van der Waals surface area contributed by atoms with Gasteiger partial charge in [-0.25, -0.2) is 0 Å². The number of carbonyl (C=O) groups is 1. The molecule has 1 saturated heterocycles. The van der Waals surface area contributed by atoms with Crippen LogP contribution in [0.3, 0.4) is 0 Å². The molecule has 9 heteroatoms. The summed E-state index contributed by atoms with van der Waals surface area (Å²) in [6.45, 7) is 5.68. The molecule has 1 aliphatic rings. The summed E-state index contributed by atoms with van der Waals surface area (Å²) in [5.41, 5.74) is 0.240. The van der Waals surface area contributed by atoms with Gasteiger partial charge in [0.05, 0.1) is 28.3 Å². The van der Waals surface area contributed by atoms with Gasteiger partial charge < -0.3 is 10.4 Å². The lowest BCUT2D eigenvalue weighted by Crippen LogP contribution is -2.53. The second-order valence-electron chi connectivity index (χ2n) is 5.69. The number of nitrogens with zero attached hydrogens (tertiary/aromatic N) is 3. The molecular weight excluding hydrogens is 336 g/mol. The minimum absolute atomic E-state index is 0.119. The van der Waals surface area contributed by atoms with Crippen molar-refractivity contribution in [2.45, 2.75) is 13.0 Å². The number of hydrogen-bond donors (Lipinski definition) is 2. The highest BCUT2D eigenvalue weighted by molar-refractivity contribution is 6.34. The SMILES string of the molecule is CC(C(=O)Nc1ccc([N+](=O)[O-])cc1Cl)N1CCN(CCO)CC1. The normalized spacial score (nSPS) is 17.5. The van der Waals surface area contributed by atoms with Crippen molar-refractivity contribution in [2.75, 3.05) is 44.6 Å². The summed E-state index contributed by atoms with van der Waals surface area (Å²) in [5.74, 6) is -0.207. The number of aliphatic hydroxyl groups excluding tert-OH is 1. The summed E-state index contributed by atoms with van der Waals surface area (Å²) < 4.78 is 0. The summed E-state index contributed by atoms with van der Waals surface area (Å²) in [4.78, 5) is 26.8. The maximum absolute atomic E-state index is 12.4. The molecule has 1 aromatic carbocycles. The Morgan fingerprint density at radius 1 is 1.42 bits per heavy atom.